The van der Waals surface area contributed by atoms with Crippen LogP contribution < -0.4 is 0 Å². The predicted octanol–water partition coefficient (Wildman–Crippen LogP) is 0.937. The van der Waals surface area contributed by atoms with Crippen molar-refractivity contribution in [1.82, 2.24) is 0 Å². The molecule has 1 aliphatic rings. The highest BCUT2D eigenvalue weighted by Crippen LogP contribution is 2.33. The Morgan fingerprint density at radius 1 is 1.42 bits per heavy atom. The van der Waals surface area contributed by atoms with Gasteiger partial charge in [-0.05, 0) is 12.0 Å². The van der Waals surface area contributed by atoms with Crippen LogP contribution in [0.1, 0.15) is 12.8 Å². The van der Waals surface area contributed by atoms with E-state index in [1.54, 1.807) is 0 Å². The Labute approximate surface area is 73.3 Å². The lowest BCUT2D eigenvalue weighted by atomic mass is 10.1. The third kappa shape index (κ3) is 2.01. The van der Waals surface area contributed by atoms with Crippen LogP contribution in [0, 0.1) is 0 Å². The summed E-state index contributed by atoms with van der Waals surface area (Å²) in [5, 5.41) is 17.1. The van der Waals surface area contributed by atoms with Crippen molar-refractivity contribution >= 4 is 23.7 Å². The van der Waals surface area contributed by atoms with Crippen molar-refractivity contribution in [3.63, 3.8) is 0 Å². The van der Waals surface area contributed by atoms with Gasteiger partial charge in [-0.2, -0.15) is 0 Å². The van der Waals surface area contributed by atoms with Crippen molar-refractivity contribution in [1.29, 1.82) is 0 Å². The number of thioether (sulfide) groups is 1. The van der Waals surface area contributed by atoms with Crippen molar-refractivity contribution in [2.75, 3.05) is 5.75 Å². The number of rotatable bonds is 3. The monoisotopic (exact) mass is 188 g/mol. The molecule has 0 spiro atoms. The summed E-state index contributed by atoms with van der Waals surface area (Å²) >= 11 is 1.22. The van der Waals surface area contributed by atoms with E-state index < -0.39 is 11.9 Å². The van der Waals surface area contributed by atoms with Crippen LogP contribution in [0.25, 0.3) is 0 Å². The highest BCUT2D eigenvalue weighted by molar-refractivity contribution is 8.04. The maximum absolute atomic E-state index is 10.5. The van der Waals surface area contributed by atoms with E-state index in [9.17, 15) is 9.59 Å². The molecule has 1 heterocycles. The Morgan fingerprint density at radius 2 is 2.08 bits per heavy atom. The van der Waals surface area contributed by atoms with E-state index in [-0.39, 0.29) is 11.3 Å². The smallest absolute Gasteiger partial charge is 0.342 e. The molecular weight excluding hydrogens is 180 g/mol. The number of aliphatic carboxylic acids is 2. The lowest BCUT2D eigenvalue weighted by Crippen LogP contribution is -2.02. The first kappa shape index (κ1) is 9.12. The minimum atomic E-state index is -1.01. The van der Waals surface area contributed by atoms with Gasteiger partial charge < -0.3 is 10.2 Å². The van der Waals surface area contributed by atoms with E-state index in [0.717, 1.165) is 0 Å². The molecule has 1 aliphatic heterocycles. The predicted molar refractivity (Wildman–Crippen MR) is 44.0 cm³/mol. The molecule has 0 amide bonds. The molecule has 0 atom stereocenters. The summed E-state index contributed by atoms with van der Waals surface area (Å²) in [6, 6.07) is 0. The summed E-state index contributed by atoms with van der Waals surface area (Å²) < 4.78 is 0. The van der Waals surface area contributed by atoms with Crippen molar-refractivity contribution in [3.8, 4) is 0 Å². The Bertz CT molecular complexity index is 256. The molecular formula is C7H8O4S. The van der Waals surface area contributed by atoms with Gasteiger partial charge in [0.15, 0.2) is 0 Å². The van der Waals surface area contributed by atoms with Crippen LogP contribution in [0.5, 0.6) is 0 Å². The standard InChI is InChI=1S/C7H8O4S/c8-5(9)3-4-1-2-12-6(4)7(10)11/h1-3H2,(H,8,9)(H,10,11). The fourth-order valence-corrected chi connectivity index (χ4v) is 2.11. The van der Waals surface area contributed by atoms with E-state index in [0.29, 0.717) is 17.7 Å². The molecule has 0 aromatic heterocycles. The zero-order valence-corrected chi connectivity index (χ0v) is 7.06. The van der Waals surface area contributed by atoms with E-state index in [1.807, 2.05) is 0 Å². The van der Waals surface area contributed by atoms with Gasteiger partial charge in [-0.1, -0.05) is 0 Å². The fourth-order valence-electron chi connectivity index (χ4n) is 1.06. The number of hydrogen-bond donors (Lipinski definition) is 2. The van der Waals surface area contributed by atoms with Gasteiger partial charge in [0.2, 0.25) is 0 Å². The molecule has 66 valence electrons. The first-order valence-corrected chi connectivity index (χ1v) is 4.39. The van der Waals surface area contributed by atoms with E-state index in [2.05, 4.69) is 0 Å². The zero-order valence-electron chi connectivity index (χ0n) is 6.24. The summed E-state index contributed by atoms with van der Waals surface area (Å²) in [7, 11) is 0. The maximum atomic E-state index is 10.5. The molecule has 0 radical (unpaired) electrons. The molecule has 1 rings (SSSR count). The van der Waals surface area contributed by atoms with Crippen molar-refractivity contribution in [2.24, 2.45) is 0 Å². The topological polar surface area (TPSA) is 74.6 Å². The van der Waals surface area contributed by atoms with Crippen molar-refractivity contribution in [3.05, 3.63) is 10.5 Å². The van der Waals surface area contributed by atoms with Crippen molar-refractivity contribution in [2.45, 2.75) is 12.8 Å². The summed E-state index contributed by atoms with van der Waals surface area (Å²) in [6.45, 7) is 0. The van der Waals surface area contributed by atoms with Gasteiger partial charge in [0.1, 0.15) is 0 Å². The quantitative estimate of drug-likeness (QED) is 0.689. The molecule has 0 bridgehead atoms. The molecule has 0 aromatic rings. The second-order valence-corrected chi connectivity index (χ2v) is 3.51. The Kier molecular flexibility index (Phi) is 2.75. The fraction of sp³-hybridized carbons (Fsp3) is 0.429. The van der Waals surface area contributed by atoms with Crippen LogP contribution in [-0.4, -0.2) is 27.9 Å². The molecule has 0 unspecified atom stereocenters. The summed E-state index contributed by atoms with van der Waals surface area (Å²) in [5.41, 5.74) is 0.542. The maximum Gasteiger partial charge on any atom is 0.342 e. The van der Waals surface area contributed by atoms with E-state index >= 15 is 0 Å². The van der Waals surface area contributed by atoms with Gasteiger partial charge in [0, 0.05) is 5.75 Å². The Morgan fingerprint density at radius 3 is 2.58 bits per heavy atom. The van der Waals surface area contributed by atoms with Crippen molar-refractivity contribution < 1.29 is 19.8 Å². The van der Waals surface area contributed by atoms with Gasteiger partial charge >= 0.3 is 11.9 Å². The summed E-state index contributed by atoms with van der Waals surface area (Å²) in [4.78, 5) is 21.0. The molecule has 0 fully saturated rings. The molecule has 5 heteroatoms. The van der Waals surface area contributed by atoms with Gasteiger partial charge in [-0.3, -0.25) is 4.79 Å². The van der Waals surface area contributed by atoms with Crippen LogP contribution in [0.2, 0.25) is 0 Å². The lowest BCUT2D eigenvalue weighted by molar-refractivity contribution is -0.136. The summed E-state index contributed by atoms with van der Waals surface area (Å²) in [6.07, 6.45) is 0.438. The first-order chi connectivity index (χ1) is 5.61. The van der Waals surface area contributed by atoms with E-state index in [4.69, 9.17) is 10.2 Å². The van der Waals surface area contributed by atoms with E-state index in [1.165, 1.54) is 11.8 Å². The highest BCUT2D eigenvalue weighted by Gasteiger charge is 2.22. The molecule has 4 nitrogen and oxygen atoms in total. The summed E-state index contributed by atoms with van der Waals surface area (Å²) in [5.74, 6) is -1.29. The Balaban J connectivity index is 2.76. The lowest BCUT2D eigenvalue weighted by Gasteiger charge is -1.97. The second kappa shape index (κ2) is 3.62. The molecule has 12 heavy (non-hydrogen) atoms. The van der Waals surface area contributed by atoms with Gasteiger partial charge in [-0.25, -0.2) is 4.79 Å². The number of carbonyl (C=O) groups is 2. The van der Waals surface area contributed by atoms with Crippen LogP contribution in [0.4, 0.5) is 0 Å². The first-order valence-electron chi connectivity index (χ1n) is 3.41. The molecule has 0 aliphatic carbocycles. The van der Waals surface area contributed by atoms with Crippen LogP contribution >= 0.6 is 11.8 Å². The average molecular weight is 188 g/mol. The van der Waals surface area contributed by atoms with Gasteiger partial charge in [0.05, 0.1) is 11.3 Å². The van der Waals surface area contributed by atoms with Crippen LogP contribution in [-0.2, 0) is 9.59 Å². The average Bonchev–Trinajstić information content (AvgIpc) is 2.33. The van der Waals surface area contributed by atoms with Gasteiger partial charge in [0.25, 0.3) is 0 Å². The molecule has 0 saturated carbocycles. The number of carboxylic acids is 2. The normalized spacial score (nSPS) is 16.7. The minimum absolute atomic E-state index is 0.144. The number of carboxylic acid groups (broad SMARTS) is 2. The van der Waals surface area contributed by atoms with Crippen LogP contribution in [0.15, 0.2) is 10.5 Å². The SMILES string of the molecule is O=C(O)CC1=C(C(=O)O)SCC1. The Hall–Kier alpha value is -0.970. The molecule has 0 saturated heterocycles. The van der Waals surface area contributed by atoms with Crippen LogP contribution in [0.3, 0.4) is 0 Å². The minimum Gasteiger partial charge on any atom is -0.481 e. The molecule has 2 N–H and O–H groups in total. The number of hydrogen-bond acceptors (Lipinski definition) is 3. The zero-order chi connectivity index (χ0) is 9.14. The third-order valence-corrected chi connectivity index (χ3v) is 2.69. The largest absolute Gasteiger partial charge is 0.481 e. The molecule has 0 aromatic carbocycles. The third-order valence-electron chi connectivity index (χ3n) is 1.53. The second-order valence-electron chi connectivity index (χ2n) is 2.41. The highest BCUT2D eigenvalue weighted by atomic mass is 32.2. The van der Waals surface area contributed by atoms with Gasteiger partial charge in [-0.15, -0.1) is 11.8 Å².